The van der Waals surface area contributed by atoms with Crippen LogP contribution in [0.25, 0.3) is 11.5 Å². The lowest BCUT2D eigenvalue weighted by molar-refractivity contribution is 0.367. The Balaban J connectivity index is 1.89. The first kappa shape index (κ1) is 12.4. The number of nitrogens with zero attached hydrogens (tertiary/aromatic N) is 3. The molecule has 3 aromatic rings. The van der Waals surface area contributed by atoms with Crippen LogP contribution in [-0.2, 0) is 0 Å². The Morgan fingerprint density at radius 1 is 1.10 bits per heavy atom. The quantitative estimate of drug-likeness (QED) is 0.790. The number of rotatable bonds is 3. The Kier molecular flexibility index (Phi) is 3.22. The van der Waals surface area contributed by atoms with Gasteiger partial charge in [0.2, 0.25) is 11.7 Å². The van der Waals surface area contributed by atoms with E-state index in [1.165, 1.54) is 12.1 Å². The third kappa shape index (κ3) is 2.41. The van der Waals surface area contributed by atoms with Crippen molar-refractivity contribution < 1.29 is 8.91 Å². The maximum atomic E-state index is 12.8. The van der Waals surface area contributed by atoms with E-state index in [0.717, 1.165) is 11.8 Å². The van der Waals surface area contributed by atoms with Crippen LogP contribution in [0.5, 0.6) is 0 Å². The van der Waals surface area contributed by atoms with Gasteiger partial charge in [0.25, 0.3) is 0 Å². The molecule has 0 spiro atoms. The van der Waals surface area contributed by atoms with E-state index < -0.39 is 11.9 Å². The molecule has 2 N–H and O–H groups in total. The van der Waals surface area contributed by atoms with E-state index in [-0.39, 0.29) is 11.7 Å². The van der Waals surface area contributed by atoms with E-state index in [4.69, 9.17) is 10.3 Å². The first-order chi connectivity index (χ1) is 9.74. The lowest BCUT2D eigenvalue weighted by Gasteiger charge is -2.05. The van der Waals surface area contributed by atoms with Crippen LogP contribution in [0.4, 0.5) is 4.39 Å². The van der Waals surface area contributed by atoms with Gasteiger partial charge in [-0.05, 0) is 17.7 Å². The molecule has 1 atom stereocenters. The average molecular weight is 270 g/mol. The molecule has 0 unspecified atom stereocenters. The minimum absolute atomic E-state index is 0.284. The van der Waals surface area contributed by atoms with Crippen LogP contribution in [0.3, 0.4) is 0 Å². The molecule has 100 valence electrons. The SMILES string of the molecule is N[C@H](c1ccccc1)c1nc(-c2ccc(F)cn2)no1. The summed E-state index contributed by atoms with van der Waals surface area (Å²) in [5.41, 5.74) is 7.36. The van der Waals surface area contributed by atoms with Crippen molar-refractivity contribution in [3.63, 3.8) is 0 Å². The van der Waals surface area contributed by atoms with Gasteiger partial charge in [0.15, 0.2) is 0 Å². The lowest BCUT2D eigenvalue weighted by Crippen LogP contribution is -2.12. The molecular weight excluding hydrogens is 259 g/mol. The monoisotopic (exact) mass is 270 g/mol. The van der Waals surface area contributed by atoms with Crippen LogP contribution < -0.4 is 5.73 Å². The van der Waals surface area contributed by atoms with Crippen molar-refractivity contribution in [2.75, 3.05) is 0 Å². The van der Waals surface area contributed by atoms with E-state index >= 15 is 0 Å². The number of hydrogen-bond donors (Lipinski definition) is 1. The number of halogens is 1. The summed E-state index contributed by atoms with van der Waals surface area (Å²) in [4.78, 5) is 8.09. The number of pyridine rings is 1. The summed E-state index contributed by atoms with van der Waals surface area (Å²) in [6.45, 7) is 0. The molecule has 0 aliphatic carbocycles. The maximum absolute atomic E-state index is 12.8. The highest BCUT2D eigenvalue weighted by Gasteiger charge is 2.17. The fourth-order valence-electron chi connectivity index (χ4n) is 1.78. The third-order valence-corrected chi connectivity index (χ3v) is 2.82. The molecular formula is C14H11FN4O. The van der Waals surface area contributed by atoms with Crippen molar-refractivity contribution in [1.29, 1.82) is 0 Å². The van der Waals surface area contributed by atoms with E-state index in [1.54, 1.807) is 0 Å². The van der Waals surface area contributed by atoms with Gasteiger partial charge in [-0.15, -0.1) is 0 Å². The predicted molar refractivity (Wildman–Crippen MR) is 70.0 cm³/mol. The molecule has 5 nitrogen and oxygen atoms in total. The van der Waals surface area contributed by atoms with Gasteiger partial charge in [-0.25, -0.2) is 9.37 Å². The highest BCUT2D eigenvalue weighted by atomic mass is 19.1. The Morgan fingerprint density at radius 3 is 2.60 bits per heavy atom. The maximum Gasteiger partial charge on any atom is 0.248 e. The van der Waals surface area contributed by atoms with Crippen LogP contribution in [0, 0.1) is 5.82 Å². The number of aromatic nitrogens is 3. The Morgan fingerprint density at radius 2 is 1.90 bits per heavy atom. The summed E-state index contributed by atoms with van der Waals surface area (Å²) >= 11 is 0. The third-order valence-electron chi connectivity index (χ3n) is 2.82. The largest absolute Gasteiger partial charge is 0.337 e. The molecule has 0 bridgehead atoms. The highest BCUT2D eigenvalue weighted by Crippen LogP contribution is 2.20. The number of hydrogen-bond acceptors (Lipinski definition) is 5. The number of benzene rings is 1. The van der Waals surface area contributed by atoms with Gasteiger partial charge in [0, 0.05) is 0 Å². The molecule has 0 aliphatic rings. The molecule has 0 saturated carbocycles. The fourth-order valence-corrected chi connectivity index (χ4v) is 1.78. The highest BCUT2D eigenvalue weighted by molar-refractivity contribution is 5.47. The topological polar surface area (TPSA) is 77.8 Å². The molecule has 2 heterocycles. The van der Waals surface area contributed by atoms with Crippen molar-refractivity contribution in [1.82, 2.24) is 15.1 Å². The average Bonchev–Trinajstić information content (AvgIpc) is 2.98. The first-order valence-electron chi connectivity index (χ1n) is 6.00. The van der Waals surface area contributed by atoms with E-state index in [9.17, 15) is 4.39 Å². The van der Waals surface area contributed by atoms with Gasteiger partial charge in [-0.1, -0.05) is 35.5 Å². The molecule has 1 aromatic carbocycles. The van der Waals surface area contributed by atoms with Gasteiger partial charge in [0.1, 0.15) is 17.6 Å². The van der Waals surface area contributed by atoms with Gasteiger partial charge >= 0.3 is 0 Å². The summed E-state index contributed by atoms with van der Waals surface area (Å²) in [6.07, 6.45) is 1.10. The minimum Gasteiger partial charge on any atom is -0.337 e. The molecule has 0 amide bonds. The van der Waals surface area contributed by atoms with Gasteiger partial charge in [-0.3, -0.25) is 0 Å². The van der Waals surface area contributed by atoms with Crippen LogP contribution >= 0.6 is 0 Å². The first-order valence-corrected chi connectivity index (χ1v) is 6.00. The fraction of sp³-hybridized carbons (Fsp3) is 0.0714. The predicted octanol–water partition coefficient (Wildman–Crippen LogP) is 2.32. The smallest absolute Gasteiger partial charge is 0.248 e. The summed E-state index contributed by atoms with van der Waals surface area (Å²) in [5, 5.41) is 3.81. The van der Waals surface area contributed by atoms with Crippen molar-refractivity contribution >= 4 is 0 Å². The molecule has 0 radical (unpaired) electrons. The van der Waals surface area contributed by atoms with Crippen molar-refractivity contribution in [2.45, 2.75) is 6.04 Å². The molecule has 20 heavy (non-hydrogen) atoms. The Labute approximate surface area is 114 Å². The molecule has 0 saturated heterocycles. The van der Waals surface area contributed by atoms with Crippen LogP contribution in [0.2, 0.25) is 0 Å². The van der Waals surface area contributed by atoms with Crippen molar-refractivity contribution in [3.05, 3.63) is 65.9 Å². The second-order valence-electron chi connectivity index (χ2n) is 4.21. The number of nitrogens with two attached hydrogens (primary N) is 1. The molecule has 6 heteroatoms. The zero-order valence-corrected chi connectivity index (χ0v) is 10.4. The van der Waals surface area contributed by atoms with E-state index in [1.807, 2.05) is 30.3 Å². The second-order valence-corrected chi connectivity index (χ2v) is 4.21. The minimum atomic E-state index is -0.502. The summed E-state index contributed by atoms with van der Waals surface area (Å²) in [5.74, 6) is 0.155. The summed E-state index contributed by atoms with van der Waals surface area (Å²) in [6, 6.07) is 11.7. The molecule has 0 fully saturated rings. The molecule has 3 rings (SSSR count). The zero-order chi connectivity index (χ0) is 13.9. The standard InChI is InChI=1S/C14H11FN4O/c15-10-6-7-11(17-8-10)13-18-14(20-19-13)12(16)9-4-2-1-3-5-9/h1-8,12H,16H2/t12-/m1/s1. The Hall–Kier alpha value is -2.60. The Bertz CT molecular complexity index is 697. The van der Waals surface area contributed by atoms with E-state index in [0.29, 0.717) is 5.69 Å². The van der Waals surface area contributed by atoms with Crippen LogP contribution in [0.15, 0.2) is 53.2 Å². The summed E-state index contributed by atoms with van der Waals surface area (Å²) < 4.78 is 18.0. The zero-order valence-electron chi connectivity index (χ0n) is 10.4. The van der Waals surface area contributed by atoms with Crippen LogP contribution in [-0.4, -0.2) is 15.1 Å². The van der Waals surface area contributed by atoms with Crippen molar-refractivity contribution in [3.8, 4) is 11.5 Å². The van der Waals surface area contributed by atoms with Gasteiger partial charge in [-0.2, -0.15) is 4.98 Å². The van der Waals surface area contributed by atoms with Gasteiger partial charge in [0.05, 0.1) is 6.20 Å². The van der Waals surface area contributed by atoms with Crippen LogP contribution in [0.1, 0.15) is 17.5 Å². The summed E-state index contributed by atoms with van der Waals surface area (Å²) in [7, 11) is 0. The molecule has 0 aliphatic heterocycles. The lowest BCUT2D eigenvalue weighted by atomic mass is 10.1. The molecule has 2 aromatic heterocycles. The normalized spacial score (nSPS) is 12.3. The van der Waals surface area contributed by atoms with Crippen molar-refractivity contribution in [2.24, 2.45) is 5.73 Å². The van der Waals surface area contributed by atoms with E-state index in [2.05, 4.69) is 15.1 Å². The second kappa shape index (κ2) is 5.18. The van der Waals surface area contributed by atoms with Gasteiger partial charge < -0.3 is 10.3 Å².